The molecule has 2 heterocycles. The van der Waals surface area contributed by atoms with E-state index >= 15 is 0 Å². The normalized spacial score (nSPS) is 20.6. The summed E-state index contributed by atoms with van der Waals surface area (Å²) >= 11 is 1.81. The molecule has 2 fully saturated rings. The van der Waals surface area contributed by atoms with Gasteiger partial charge in [0.05, 0.1) is 10.6 Å². The van der Waals surface area contributed by atoms with E-state index in [2.05, 4.69) is 0 Å². The highest BCUT2D eigenvalue weighted by Crippen LogP contribution is 2.45. The minimum absolute atomic E-state index is 0.0669. The zero-order valence-electron chi connectivity index (χ0n) is 15.6. The van der Waals surface area contributed by atoms with Crippen LogP contribution < -0.4 is 0 Å². The second kappa shape index (κ2) is 7.90. The van der Waals surface area contributed by atoms with E-state index in [1.54, 1.807) is 4.31 Å². The van der Waals surface area contributed by atoms with Crippen LogP contribution >= 0.6 is 11.8 Å². The van der Waals surface area contributed by atoms with Gasteiger partial charge in [0.2, 0.25) is 10.0 Å². The molecule has 5 nitrogen and oxygen atoms in total. The van der Waals surface area contributed by atoms with E-state index < -0.39 is 10.0 Å². The minimum Gasteiger partial charge on any atom is -0.323 e. The van der Waals surface area contributed by atoms with Gasteiger partial charge in [0.25, 0.3) is 5.91 Å². The Hall–Kier alpha value is -1.05. The Morgan fingerprint density at radius 2 is 1.81 bits per heavy atom. The molecule has 0 aliphatic carbocycles. The van der Waals surface area contributed by atoms with Crippen LogP contribution in [0.25, 0.3) is 0 Å². The maximum absolute atomic E-state index is 13.0. The molecule has 2 aliphatic rings. The SMILES string of the molecule is CCCCS(=O)(=O)N1CCC2(CC1)SCCN2C(=O)c1ccc(C)cc1. The van der Waals surface area contributed by atoms with Crippen molar-refractivity contribution in [2.75, 3.05) is 31.1 Å². The third-order valence-electron chi connectivity index (χ3n) is 5.37. The van der Waals surface area contributed by atoms with Gasteiger partial charge >= 0.3 is 0 Å². The first-order chi connectivity index (χ1) is 12.4. The van der Waals surface area contributed by atoms with Crippen LogP contribution in [0, 0.1) is 6.92 Å². The summed E-state index contributed by atoms with van der Waals surface area (Å²) in [5, 5.41) is 0. The van der Waals surface area contributed by atoms with Gasteiger partial charge in [-0.25, -0.2) is 12.7 Å². The summed E-state index contributed by atoms with van der Waals surface area (Å²) in [7, 11) is -3.17. The first kappa shape index (κ1) is 19.7. The number of aryl methyl sites for hydroxylation is 1. The van der Waals surface area contributed by atoms with Crippen molar-refractivity contribution >= 4 is 27.7 Å². The summed E-state index contributed by atoms with van der Waals surface area (Å²) in [6.07, 6.45) is 3.00. The number of nitrogens with zero attached hydrogens (tertiary/aromatic N) is 2. The fraction of sp³-hybridized carbons (Fsp3) is 0.632. The van der Waals surface area contributed by atoms with Gasteiger partial charge in [-0.1, -0.05) is 31.0 Å². The lowest BCUT2D eigenvalue weighted by Gasteiger charge is -2.43. The van der Waals surface area contributed by atoms with E-state index in [9.17, 15) is 13.2 Å². The number of benzene rings is 1. The number of piperidine rings is 1. The van der Waals surface area contributed by atoms with Gasteiger partial charge in [0, 0.05) is 31.0 Å². The van der Waals surface area contributed by atoms with Gasteiger partial charge in [0.15, 0.2) is 0 Å². The number of hydrogen-bond acceptors (Lipinski definition) is 4. The minimum atomic E-state index is -3.17. The highest BCUT2D eigenvalue weighted by molar-refractivity contribution is 8.00. The summed E-state index contributed by atoms with van der Waals surface area (Å²) in [5.41, 5.74) is 1.85. The summed E-state index contributed by atoms with van der Waals surface area (Å²) in [6.45, 7) is 5.77. The van der Waals surface area contributed by atoms with E-state index in [0.717, 1.165) is 29.8 Å². The molecule has 1 aromatic rings. The van der Waals surface area contributed by atoms with Crippen LogP contribution in [0.5, 0.6) is 0 Å². The van der Waals surface area contributed by atoms with Gasteiger partial charge in [-0.3, -0.25) is 4.79 Å². The van der Waals surface area contributed by atoms with Crippen molar-refractivity contribution in [1.82, 2.24) is 9.21 Å². The van der Waals surface area contributed by atoms with E-state index in [-0.39, 0.29) is 16.5 Å². The molecule has 1 spiro atoms. The van der Waals surface area contributed by atoms with Crippen molar-refractivity contribution in [3.63, 3.8) is 0 Å². The van der Waals surface area contributed by atoms with Gasteiger partial charge < -0.3 is 4.90 Å². The van der Waals surface area contributed by atoms with E-state index in [1.165, 1.54) is 0 Å². The summed E-state index contributed by atoms with van der Waals surface area (Å²) in [4.78, 5) is 14.8. The van der Waals surface area contributed by atoms with E-state index in [1.807, 2.05) is 54.8 Å². The van der Waals surface area contributed by atoms with Gasteiger partial charge in [0.1, 0.15) is 0 Å². The predicted octanol–water partition coefficient (Wildman–Crippen LogP) is 3.11. The quantitative estimate of drug-likeness (QED) is 0.767. The average molecular weight is 397 g/mol. The number of sulfonamides is 1. The van der Waals surface area contributed by atoms with Crippen LogP contribution in [0.15, 0.2) is 24.3 Å². The molecule has 0 atom stereocenters. The fourth-order valence-corrected chi connectivity index (χ4v) is 6.84. The van der Waals surface area contributed by atoms with Crippen LogP contribution in [0.3, 0.4) is 0 Å². The standard InChI is InChI=1S/C19H28N2O3S2/c1-3-4-15-26(23,24)20-11-9-19(10-12-20)21(13-14-25-19)18(22)17-7-5-16(2)6-8-17/h5-8H,3-4,9-15H2,1-2H3. The number of carbonyl (C=O) groups excluding carboxylic acids is 1. The Morgan fingerprint density at radius 1 is 1.15 bits per heavy atom. The molecule has 26 heavy (non-hydrogen) atoms. The average Bonchev–Trinajstić information content (AvgIpc) is 3.03. The number of carbonyl (C=O) groups is 1. The van der Waals surface area contributed by atoms with Crippen LogP contribution in [0.2, 0.25) is 0 Å². The lowest BCUT2D eigenvalue weighted by atomic mass is 10.0. The molecule has 1 amide bonds. The summed E-state index contributed by atoms with van der Waals surface area (Å²) in [5.74, 6) is 1.22. The van der Waals surface area contributed by atoms with Gasteiger partial charge in [-0.15, -0.1) is 11.8 Å². The second-order valence-electron chi connectivity index (χ2n) is 7.19. The molecule has 2 saturated heterocycles. The number of hydrogen-bond donors (Lipinski definition) is 0. The number of rotatable bonds is 5. The van der Waals surface area contributed by atoms with Crippen molar-refractivity contribution in [2.45, 2.75) is 44.4 Å². The van der Waals surface area contributed by atoms with Crippen molar-refractivity contribution < 1.29 is 13.2 Å². The molecule has 144 valence electrons. The van der Waals surface area contributed by atoms with Crippen LogP contribution in [0.4, 0.5) is 0 Å². The smallest absolute Gasteiger partial charge is 0.254 e. The fourth-order valence-electron chi connectivity index (χ4n) is 3.73. The lowest BCUT2D eigenvalue weighted by molar-refractivity contribution is 0.0605. The summed E-state index contributed by atoms with van der Waals surface area (Å²) in [6, 6.07) is 7.70. The zero-order valence-corrected chi connectivity index (χ0v) is 17.2. The Bertz CT molecular complexity index is 739. The monoisotopic (exact) mass is 396 g/mol. The van der Waals surface area contributed by atoms with Crippen molar-refractivity contribution in [1.29, 1.82) is 0 Å². The third-order valence-corrected chi connectivity index (χ3v) is 8.88. The highest BCUT2D eigenvalue weighted by atomic mass is 32.2. The lowest BCUT2D eigenvalue weighted by Crippen LogP contribution is -2.53. The summed E-state index contributed by atoms with van der Waals surface area (Å²) < 4.78 is 26.5. The molecular formula is C19H28N2O3S2. The van der Waals surface area contributed by atoms with Crippen LogP contribution in [-0.2, 0) is 10.0 Å². The highest BCUT2D eigenvalue weighted by Gasteiger charge is 2.47. The maximum atomic E-state index is 13.0. The molecule has 0 aromatic heterocycles. The molecule has 2 aliphatic heterocycles. The number of amides is 1. The molecule has 0 radical (unpaired) electrons. The zero-order chi connectivity index (χ0) is 18.8. The van der Waals surface area contributed by atoms with Crippen molar-refractivity contribution in [2.24, 2.45) is 0 Å². The Balaban J connectivity index is 1.70. The Labute approximate surface area is 161 Å². The van der Waals surface area contributed by atoms with Crippen LogP contribution in [-0.4, -0.2) is 59.5 Å². The number of unbranched alkanes of at least 4 members (excludes halogenated alkanes) is 1. The molecule has 0 bridgehead atoms. The molecule has 0 unspecified atom stereocenters. The predicted molar refractivity (Wildman–Crippen MR) is 107 cm³/mol. The molecule has 1 aromatic carbocycles. The molecule has 7 heteroatoms. The van der Waals surface area contributed by atoms with Crippen LogP contribution in [0.1, 0.15) is 48.5 Å². The van der Waals surface area contributed by atoms with Gasteiger partial charge in [-0.05, 0) is 38.3 Å². The van der Waals surface area contributed by atoms with Crippen molar-refractivity contribution in [3.05, 3.63) is 35.4 Å². The van der Waals surface area contributed by atoms with E-state index in [0.29, 0.717) is 32.4 Å². The van der Waals surface area contributed by atoms with E-state index in [4.69, 9.17) is 0 Å². The molecule has 0 N–H and O–H groups in total. The Kier molecular flexibility index (Phi) is 5.99. The largest absolute Gasteiger partial charge is 0.323 e. The third kappa shape index (κ3) is 3.94. The Morgan fingerprint density at radius 3 is 2.42 bits per heavy atom. The number of thioether (sulfide) groups is 1. The van der Waals surface area contributed by atoms with Gasteiger partial charge in [-0.2, -0.15) is 0 Å². The molecule has 0 saturated carbocycles. The maximum Gasteiger partial charge on any atom is 0.254 e. The second-order valence-corrected chi connectivity index (χ2v) is 10.7. The first-order valence-electron chi connectivity index (χ1n) is 9.38. The van der Waals surface area contributed by atoms with Crippen molar-refractivity contribution in [3.8, 4) is 0 Å². The first-order valence-corrected chi connectivity index (χ1v) is 12.0. The molecule has 3 rings (SSSR count). The molecular weight excluding hydrogens is 368 g/mol. The topological polar surface area (TPSA) is 57.7 Å².